The minimum absolute atomic E-state index is 0.464. The maximum absolute atomic E-state index is 13.5. The molecule has 2 aromatic carbocycles. The minimum Gasteiger partial charge on any atom is -0.396 e. The van der Waals surface area contributed by atoms with Gasteiger partial charge in [-0.25, -0.2) is 21.6 Å². The predicted molar refractivity (Wildman–Crippen MR) is 73.0 cm³/mol. The average molecular weight is 337 g/mol. The number of hydrogen-bond acceptors (Lipinski definition) is 3. The van der Waals surface area contributed by atoms with Crippen LogP contribution >= 0.6 is 11.6 Å². The number of para-hydroxylation sites is 1. The van der Waals surface area contributed by atoms with Crippen molar-refractivity contribution in [2.45, 2.75) is 4.90 Å². The molecular weight excluding hydrogens is 329 g/mol. The van der Waals surface area contributed by atoms with Gasteiger partial charge in [0, 0.05) is 0 Å². The fraction of sp³-hybridized carbons (Fsp3) is 0. The molecule has 0 aliphatic rings. The zero-order valence-corrected chi connectivity index (χ0v) is 11.8. The van der Waals surface area contributed by atoms with E-state index in [1.54, 1.807) is 4.72 Å². The Bertz CT molecular complexity index is 792. The lowest BCUT2D eigenvalue weighted by molar-refractivity contribution is 0.582. The molecule has 0 atom stereocenters. The molecule has 0 saturated carbocycles. The van der Waals surface area contributed by atoms with E-state index >= 15 is 0 Å². The highest BCUT2D eigenvalue weighted by Gasteiger charge is 2.23. The minimum atomic E-state index is -4.44. The van der Waals surface area contributed by atoms with Crippen molar-refractivity contribution in [1.82, 2.24) is 0 Å². The zero-order chi connectivity index (χ0) is 15.8. The molecule has 2 aromatic rings. The summed E-state index contributed by atoms with van der Waals surface area (Å²) in [5, 5.41) is -0.467. The lowest BCUT2D eigenvalue weighted by atomic mass is 10.3. The summed E-state index contributed by atoms with van der Waals surface area (Å²) < 4.78 is 66.0. The van der Waals surface area contributed by atoms with Crippen molar-refractivity contribution in [2.75, 3.05) is 10.5 Å². The van der Waals surface area contributed by atoms with Crippen molar-refractivity contribution < 1.29 is 21.6 Å². The number of hydrogen-bond donors (Lipinski definition) is 2. The topological polar surface area (TPSA) is 72.2 Å². The highest BCUT2D eigenvalue weighted by atomic mass is 35.5. The first-order valence-electron chi connectivity index (χ1n) is 5.43. The van der Waals surface area contributed by atoms with Gasteiger partial charge in [0.25, 0.3) is 10.0 Å². The highest BCUT2D eigenvalue weighted by molar-refractivity contribution is 7.92. The number of benzene rings is 2. The summed E-state index contributed by atoms with van der Waals surface area (Å²) in [7, 11) is -4.44. The molecule has 0 unspecified atom stereocenters. The molecule has 0 aromatic heterocycles. The predicted octanol–water partition coefficient (Wildman–Crippen LogP) is 3.14. The van der Waals surface area contributed by atoms with Gasteiger partial charge in [-0.2, -0.15) is 0 Å². The van der Waals surface area contributed by atoms with Gasteiger partial charge >= 0.3 is 0 Å². The number of sulfonamides is 1. The first-order chi connectivity index (χ1) is 9.72. The third-order valence-electron chi connectivity index (χ3n) is 2.54. The van der Waals surface area contributed by atoms with Gasteiger partial charge in [-0.3, -0.25) is 4.72 Å². The SMILES string of the molecule is Nc1cc(S(=O)(=O)Nc2c(F)cccc2F)c(Cl)cc1F. The summed E-state index contributed by atoms with van der Waals surface area (Å²) >= 11 is 5.63. The van der Waals surface area contributed by atoms with Gasteiger partial charge in [-0.15, -0.1) is 0 Å². The Hall–Kier alpha value is -1.93. The number of nitrogens with one attached hydrogen (secondary N) is 1. The van der Waals surface area contributed by atoms with Gasteiger partial charge in [0.2, 0.25) is 0 Å². The maximum Gasteiger partial charge on any atom is 0.263 e. The summed E-state index contributed by atoms with van der Waals surface area (Å²) in [4.78, 5) is -0.592. The van der Waals surface area contributed by atoms with Crippen LogP contribution in [0.2, 0.25) is 5.02 Å². The molecule has 0 fully saturated rings. The smallest absolute Gasteiger partial charge is 0.263 e. The van der Waals surface area contributed by atoms with Crippen LogP contribution in [0.4, 0.5) is 24.5 Å². The van der Waals surface area contributed by atoms with Crippen LogP contribution in [0.5, 0.6) is 0 Å². The Labute approximate surface area is 123 Å². The Morgan fingerprint density at radius 1 is 1.05 bits per heavy atom. The van der Waals surface area contributed by atoms with Crippen molar-refractivity contribution in [3.8, 4) is 0 Å². The molecule has 0 heterocycles. The summed E-state index contributed by atoms with van der Waals surface area (Å²) in [6.45, 7) is 0. The van der Waals surface area contributed by atoms with Crippen LogP contribution in [-0.2, 0) is 10.0 Å². The van der Waals surface area contributed by atoms with E-state index < -0.39 is 48.8 Å². The molecule has 0 bridgehead atoms. The molecule has 0 radical (unpaired) electrons. The van der Waals surface area contributed by atoms with Crippen LogP contribution in [0.1, 0.15) is 0 Å². The third-order valence-corrected chi connectivity index (χ3v) is 4.35. The molecule has 21 heavy (non-hydrogen) atoms. The molecule has 0 aliphatic heterocycles. The summed E-state index contributed by atoms with van der Waals surface area (Å²) in [6, 6.07) is 4.29. The Morgan fingerprint density at radius 2 is 1.62 bits per heavy atom. The van der Waals surface area contributed by atoms with Crippen LogP contribution in [0.25, 0.3) is 0 Å². The van der Waals surface area contributed by atoms with Crippen LogP contribution in [-0.4, -0.2) is 8.42 Å². The monoisotopic (exact) mass is 336 g/mol. The fourth-order valence-corrected chi connectivity index (χ4v) is 3.16. The largest absolute Gasteiger partial charge is 0.396 e. The van der Waals surface area contributed by atoms with Crippen LogP contribution < -0.4 is 10.5 Å². The van der Waals surface area contributed by atoms with Crippen molar-refractivity contribution in [1.29, 1.82) is 0 Å². The fourth-order valence-electron chi connectivity index (χ4n) is 1.54. The molecular formula is C12H8ClF3N2O2S. The van der Waals surface area contributed by atoms with E-state index in [1.807, 2.05) is 0 Å². The first-order valence-corrected chi connectivity index (χ1v) is 7.30. The van der Waals surface area contributed by atoms with Crippen molar-refractivity contribution in [2.24, 2.45) is 0 Å². The first kappa shape index (κ1) is 15.5. The van der Waals surface area contributed by atoms with E-state index in [4.69, 9.17) is 17.3 Å². The normalized spacial score (nSPS) is 11.4. The van der Waals surface area contributed by atoms with Gasteiger partial charge in [0.1, 0.15) is 28.0 Å². The Balaban J connectivity index is 2.51. The third kappa shape index (κ3) is 3.06. The summed E-state index contributed by atoms with van der Waals surface area (Å²) in [5.41, 5.74) is 3.94. The average Bonchev–Trinajstić information content (AvgIpc) is 2.38. The molecule has 0 saturated heterocycles. The van der Waals surface area contributed by atoms with E-state index in [-0.39, 0.29) is 0 Å². The highest BCUT2D eigenvalue weighted by Crippen LogP contribution is 2.29. The lowest BCUT2D eigenvalue weighted by Crippen LogP contribution is -2.16. The van der Waals surface area contributed by atoms with Crippen molar-refractivity contribution >= 4 is 33.0 Å². The summed E-state index contributed by atoms with van der Waals surface area (Å²) in [5.74, 6) is -3.12. The number of halogens is 4. The second kappa shape index (κ2) is 5.45. The van der Waals surface area contributed by atoms with Crippen LogP contribution in [0.3, 0.4) is 0 Å². The van der Waals surface area contributed by atoms with E-state index in [9.17, 15) is 21.6 Å². The lowest BCUT2D eigenvalue weighted by Gasteiger charge is -2.11. The van der Waals surface area contributed by atoms with E-state index in [1.165, 1.54) is 0 Å². The number of rotatable bonds is 3. The number of nitrogen functional groups attached to an aromatic ring is 1. The van der Waals surface area contributed by atoms with Gasteiger partial charge in [-0.05, 0) is 24.3 Å². The molecule has 0 spiro atoms. The van der Waals surface area contributed by atoms with E-state index in [2.05, 4.69) is 0 Å². The Morgan fingerprint density at radius 3 is 2.19 bits per heavy atom. The van der Waals surface area contributed by atoms with E-state index in [0.717, 1.165) is 24.3 Å². The molecule has 2 rings (SSSR count). The maximum atomic E-state index is 13.5. The number of nitrogens with two attached hydrogens (primary N) is 1. The van der Waals surface area contributed by atoms with Gasteiger partial charge < -0.3 is 5.73 Å². The van der Waals surface area contributed by atoms with Crippen LogP contribution in [0, 0.1) is 17.5 Å². The van der Waals surface area contributed by atoms with Gasteiger partial charge in [-0.1, -0.05) is 17.7 Å². The second-order valence-corrected chi connectivity index (χ2v) is 6.06. The van der Waals surface area contributed by atoms with Gasteiger partial charge in [0.05, 0.1) is 10.7 Å². The Kier molecular flexibility index (Phi) is 4.02. The standard InChI is InChI=1S/C12H8ClF3N2O2S/c13-6-4-9(16)10(17)5-11(6)21(19,20)18-12-7(14)2-1-3-8(12)15/h1-5,18H,17H2. The van der Waals surface area contributed by atoms with Crippen molar-refractivity contribution in [3.63, 3.8) is 0 Å². The van der Waals surface area contributed by atoms with Crippen molar-refractivity contribution in [3.05, 3.63) is 52.8 Å². The quantitative estimate of drug-likeness (QED) is 0.846. The molecule has 0 aliphatic carbocycles. The molecule has 4 nitrogen and oxygen atoms in total. The molecule has 0 amide bonds. The molecule has 9 heteroatoms. The van der Waals surface area contributed by atoms with E-state index in [0.29, 0.717) is 6.07 Å². The summed E-state index contributed by atoms with van der Waals surface area (Å²) in [6.07, 6.45) is 0. The second-order valence-electron chi connectivity index (χ2n) is 4.01. The number of anilines is 2. The molecule has 112 valence electrons. The van der Waals surface area contributed by atoms with Gasteiger partial charge in [0.15, 0.2) is 0 Å². The molecule has 3 N–H and O–H groups in total. The zero-order valence-electron chi connectivity index (χ0n) is 10.2. The van der Waals surface area contributed by atoms with Crippen LogP contribution in [0.15, 0.2) is 35.2 Å².